The summed E-state index contributed by atoms with van der Waals surface area (Å²) in [5.74, 6) is -0.305. The van der Waals surface area contributed by atoms with E-state index in [0.717, 1.165) is 5.69 Å². The summed E-state index contributed by atoms with van der Waals surface area (Å²) in [7, 11) is 0. The lowest BCUT2D eigenvalue weighted by molar-refractivity contribution is 0.619. The summed E-state index contributed by atoms with van der Waals surface area (Å²) in [4.78, 5) is 3.81. The van der Waals surface area contributed by atoms with Crippen molar-refractivity contribution in [1.29, 1.82) is 0 Å². The molecule has 54 valence electrons. The van der Waals surface area contributed by atoms with Crippen molar-refractivity contribution in [2.24, 2.45) is 5.73 Å². The Kier molecular flexibility index (Phi) is 2.34. The summed E-state index contributed by atoms with van der Waals surface area (Å²) in [5.41, 5.74) is 6.10. The summed E-state index contributed by atoms with van der Waals surface area (Å²) in [6.07, 6.45) is 1.91. The normalized spacial score (nSPS) is 9.80. The summed E-state index contributed by atoms with van der Waals surface area (Å²) in [6.45, 7) is 0.554. The second-order valence-corrected chi connectivity index (χ2v) is 2.01. The fraction of sp³-hybridized carbons (Fsp3) is 0.286. The molecule has 0 aliphatic rings. The molecule has 0 radical (unpaired) electrons. The number of nitrogens with zero attached hydrogens (tertiary/aromatic N) is 1. The van der Waals surface area contributed by atoms with Gasteiger partial charge in [-0.25, -0.2) is 4.39 Å². The van der Waals surface area contributed by atoms with E-state index >= 15 is 0 Å². The van der Waals surface area contributed by atoms with Crippen molar-refractivity contribution in [2.45, 2.75) is 6.42 Å². The number of hydrogen-bond donors (Lipinski definition) is 1. The third-order valence-electron chi connectivity index (χ3n) is 1.19. The van der Waals surface area contributed by atoms with Crippen molar-refractivity contribution >= 4 is 0 Å². The second kappa shape index (κ2) is 3.27. The molecule has 1 aromatic heterocycles. The monoisotopic (exact) mass is 140 g/mol. The molecule has 0 aliphatic carbocycles. The van der Waals surface area contributed by atoms with E-state index in [-0.39, 0.29) is 5.82 Å². The fourth-order valence-electron chi connectivity index (χ4n) is 0.702. The van der Waals surface area contributed by atoms with Gasteiger partial charge in [-0.2, -0.15) is 0 Å². The zero-order valence-electron chi connectivity index (χ0n) is 5.55. The van der Waals surface area contributed by atoms with Gasteiger partial charge in [0.2, 0.25) is 0 Å². The number of aromatic nitrogens is 1. The van der Waals surface area contributed by atoms with Crippen molar-refractivity contribution in [3.8, 4) is 0 Å². The lowest BCUT2D eigenvalue weighted by atomic mass is 10.3. The second-order valence-electron chi connectivity index (χ2n) is 2.01. The Morgan fingerprint density at radius 3 is 2.80 bits per heavy atom. The molecule has 10 heavy (non-hydrogen) atoms. The van der Waals surface area contributed by atoms with Crippen LogP contribution in [-0.4, -0.2) is 11.5 Å². The Morgan fingerprint density at radius 1 is 1.50 bits per heavy atom. The largest absolute Gasteiger partial charge is 0.330 e. The molecule has 0 saturated carbocycles. The Bertz CT molecular complexity index is 195. The maximum absolute atomic E-state index is 12.2. The molecule has 0 fully saturated rings. The molecule has 0 saturated heterocycles. The van der Waals surface area contributed by atoms with Gasteiger partial charge in [-0.3, -0.25) is 4.98 Å². The SMILES string of the molecule is NCCc1ccc(F)cn1. The Balaban J connectivity index is 2.69. The quantitative estimate of drug-likeness (QED) is 0.657. The first kappa shape index (κ1) is 7.15. The fourth-order valence-corrected chi connectivity index (χ4v) is 0.702. The van der Waals surface area contributed by atoms with E-state index in [1.807, 2.05) is 0 Å². The number of rotatable bonds is 2. The highest BCUT2D eigenvalue weighted by molar-refractivity contribution is 5.05. The van der Waals surface area contributed by atoms with Crippen molar-refractivity contribution < 1.29 is 4.39 Å². The van der Waals surface area contributed by atoms with Crippen LogP contribution in [0.5, 0.6) is 0 Å². The lowest BCUT2D eigenvalue weighted by Crippen LogP contribution is -2.03. The van der Waals surface area contributed by atoms with E-state index in [2.05, 4.69) is 4.98 Å². The zero-order chi connectivity index (χ0) is 7.40. The Hall–Kier alpha value is -0.960. The molecule has 0 unspecified atom stereocenters. The van der Waals surface area contributed by atoms with Crippen LogP contribution in [-0.2, 0) is 6.42 Å². The minimum absolute atomic E-state index is 0.305. The molecular formula is C7H9FN2. The average Bonchev–Trinajstić information content (AvgIpc) is 1.95. The van der Waals surface area contributed by atoms with Crippen LogP contribution in [0.3, 0.4) is 0 Å². The van der Waals surface area contributed by atoms with Gasteiger partial charge in [0.15, 0.2) is 0 Å². The van der Waals surface area contributed by atoms with Gasteiger partial charge >= 0.3 is 0 Å². The van der Waals surface area contributed by atoms with Crippen LogP contribution in [0.4, 0.5) is 4.39 Å². The maximum Gasteiger partial charge on any atom is 0.141 e. The summed E-state index contributed by atoms with van der Waals surface area (Å²) in [6, 6.07) is 3.03. The van der Waals surface area contributed by atoms with E-state index in [4.69, 9.17) is 5.73 Å². The molecule has 0 bridgehead atoms. The van der Waals surface area contributed by atoms with Crippen LogP contribution in [0, 0.1) is 5.82 Å². The molecule has 1 rings (SSSR count). The van der Waals surface area contributed by atoms with Gasteiger partial charge in [0.05, 0.1) is 6.20 Å². The molecule has 0 spiro atoms. The number of hydrogen-bond acceptors (Lipinski definition) is 2. The maximum atomic E-state index is 12.2. The highest BCUT2D eigenvalue weighted by Crippen LogP contribution is 1.97. The highest BCUT2D eigenvalue weighted by Gasteiger charge is 1.91. The standard InChI is InChI=1S/C7H9FN2/c8-6-1-2-7(3-4-9)10-5-6/h1-2,5H,3-4,9H2. The van der Waals surface area contributed by atoms with Crippen LogP contribution in [0.25, 0.3) is 0 Å². The van der Waals surface area contributed by atoms with E-state index in [9.17, 15) is 4.39 Å². The Morgan fingerprint density at radius 2 is 2.30 bits per heavy atom. The molecule has 0 aromatic carbocycles. The molecule has 1 aromatic rings. The third kappa shape index (κ3) is 1.77. The average molecular weight is 140 g/mol. The minimum atomic E-state index is -0.305. The number of pyridine rings is 1. The van der Waals surface area contributed by atoms with E-state index in [0.29, 0.717) is 13.0 Å². The van der Waals surface area contributed by atoms with E-state index in [1.54, 1.807) is 6.07 Å². The van der Waals surface area contributed by atoms with Crippen molar-refractivity contribution in [1.82, 2.24) is 4.98 Å². The van der Waals surface area contributed by atoms with Crippen LogP contribution in [0.2, 0.25) is 0 Å². The Labute approximate surface area is 58.9 Å². The summed E-state index contributed by atoms with van der Waals surface area (Å²) < 4.78 is 12.2. The molecule has 0 amide bonds. The number of nitrogens with two attached hydrogens (primary N) is 1. The van der Waals surface area contributed by atoms with Crippen LogP contribution >= 0.6 is 0 Å². The van der Waals surface area contributed by atoms with Gasteiger partial charge in [-0.15, -0.1) is 0 Å². The van der Waals surface area contributed by atoms with Gasteiger partial charge in [-0.05, 0) is 18.7 Å². The van der Waals surface area contributed by atoms with Gasteiger partial charge in [-0.1, -0.05) is 0 Å². The van der Waals surface area contributed by atoms with Crippen LogP contribution in [0.1, 0.15) is 5.69 Å². The van der Waals surface area contributed by atoms with Crippen molar-refractivity contribution in [3.05, 3.63) is 29.8 Å². The first-order valence-corrected chi connectivity index (χ1v) is 3.13. The summed E-state index contributed by atoms with van der Waals surface area (Å²) >= 11 is 0. The summed E-state index contributed by atoms with van der Waals surface area (Å²) in [5, 5.41) is 0. The zero-order valence-corrected chi connectivity index (χ0v) is 5.55. The topological polar surface area (TPSA) is 38.9 Å². The van der Waals surface area contributed by atoms with Crippen molar-refractivity contribution in [2.75, 3.05) is 6.54 Å². The van der Waals surface area contributed by atoms with Gasteiger partial charge in [0.25, 0.3) is 0 Å². The molecule has 3 heteroatoms. The first-order valence-electron chi connectivity index (χ1n) is 3.13. The van der Waals surface area contributed by atoms with Gasteiger partial charge < -0.3 is 5.73 Å². The van der Waals surface area contributed by atoms with Crippen molar-refractivity contribution in [3.63, 3.8) is 0 Å². The third-order valence-corrected chi connectivity index (χ3v) is 1.19. The molecule has 0 atom stereocenters. The van der Waals surface area contributed by atoms with E-state index in [1.165, 1.54) is 12.3 Å². The molecular weight excluding hydrogens is 131 g/mol. The predicted molar refractivity (Wildman–Crippen MR) is 37.0 cm³/mol. The molecule has 2 N–H and O–H groups in total. The highest BCUT2D eigenvalue weighted by atomic mass is 19.1. The smallest absolute Gasteiger partial charge is 0.141 e. The van der Waals surface area contributed by atoms with Crippen LogP contribution in [0.15, 0.2) is 18.3 Å². The molecule has 0 aliphatic heterocycles. The van der Waals surface area contributed by atoms with Crippen LogP contribution < -0.4 is 5.73 Å². The van der Waals surface area contributed by atoms with Gasteiger partial charge in [0, 0.05) is 12.1 Å². The lowest BCUT2D eigenvalue weighted by Gasteiger charge is -1.94. The minimum Gasteiger partial charge on any atom is -0.330 e. The predicted octanol–water partition coefficient (Wildman–Crippen LogP) is 0.722. The number of halogens is 1. The van der Waals surface area contributed by atoms with Gasteiger partial charge in [0.1, 0.15) is 5.82 Å². The molecule has 2 nitrogen and oxygen atoms in total. The molecule has 1 heterocycles. The first-order chi connectivity index (χ1) is 4.83. The van der Waals surface area contributed by atoms with E-state index < -0.39 is 0 Å².